The second kappa shape index (κ2) is 8.27. The molecule has 0 aliphatic carbocycles. The molecule has 0 aliphatic rings. The van der Waals surface area contributed by atoms with Gasteiger partial charge in [-0.25, -0.2) is 9.50 Å². The number of methoxy groups -OCH3 is 1. The monoisotopic (exact) mass is 408 g/mol. The summed E-state index contributed by atoms with van der Waals surface area (Å²) in [6.07, 6.45) is 5.37. The normalized spacial score (nSPS) is 10.8. The number of para-hydroxylation sites is 2. The average molecular weight is 408 g/mol. The van der Waals surface area contributed by atoms with Crippen molar-refractivity contribution in [2.24, 2.45) is 0 Å². The Morgan fingerprint density at radius 1 is 1.28 bits per heavy atom. The zero-order chi connectivity index (χ0) is 20.2. The molecule has 0 saturated heterocycles. The molecule has 3 heterocycles. The lowest BCUT2D eigenvalue weighted by Gasteiger charge is -2.19. The van der Waals surface area contributed by atoms with E-state index in [2.05, 4.69) is 20.4 Å². The molecule has 1 aromatic carbocycles. The van der Waals surface area contributed by atoms with Gasteiger partial charge in [0.15, 0.2) is 0 Å². The van der Waals surface area contributed by atoms with Crippen molar-refractivity contribution in [1.82, 2.24) is 19.6 Å². The number of benzene rings is 1. The molecule has 0 fully saturated rings. The predicted octanol–water partition coefficient (Wildman–Crippen LogP) is 3.33. The van der Waals surface area contributed by atoms with Crippen LogP contribution in [0.15, 0.2) is 55.0 Å². The maximum absolute atomic E-state index is 12.6. The summed E-state index contributed by atoms with van der Waals surface area (Å²) in [6, 6.07) is 11.2. The Hall–Kier alpha value is -3.46. The van der Waals surface area contributed by atoms with Crippen LogP contribution in [0.2, 0.25) is 0 Å². The number of hydrogen-bond acceptors (Lipinski definition) is 7. The first-order chi connectivity index (χ1) is 14.2. The van der Waals surface area contributed by atoms with Crippen LogP contribution in [0.5, 0.6) is 5.75 Å². The number of pyridine rings is 1. The quantitative estimate of drug-likeness (QED) is 0.505. The van der Waals surface area contributed by atoms with Crippen LogP contribution in [0.4, 0.5) is 10.8 Å². The summed E-state index contributed by atoms with van der Waals surface area (Å²) in [5.74, 6) is 0.486. The minimum Gasteiger partial charge on any atom is -0.495 e. The van der Waals surface area contributed by atoms with Crippen molar-refractivity contribution < 1.29 is 9.53 Å². The maximum Gasteiger partial charge on any atom is 0.244 e. The molecule has 0 aliphatic heterocycles. The lowest BCUT2D eigenvalue weighted by molar-refractivity contribution is -0.115. The van der Waals surface area contributed by atoms with Crippen LogP contribution in [0.25, 0.3) is 16.2 Å². The number of amides is 1. The molecule has 1 amide bonds. The zero-order valence-corrected chi connectivity index (χ0v) is 16.9. The highest BCUT2D eigenvalue weighted by molar-refractivity contribution is 7.20. The van der Waals surface area contributed by atoms with Crippen molar-refractivity contribution in [2.45, 2.75) is 6.92 Å². The zero-order valence-electron chi connectivity index (χ0n) is 16.1. The number of anilines is 2. The van der Waals surface area contributed by atoms with Crippen LogP contribution >= 0.6 is 11.3 Å². The van der Waals surface area contributed by atoms with Crippen molar-refractivity contribution in [3.63, 3.8) is 0 Å². The number of carbonyl (C=O) groups excluding carboxylic acids is 1. The molecular formula is C20H20N6O2S. The molecule has 8 nitrogen and oxygen atoms in total. The molecular weight excluding hydrogens is 388 g/mol. The van der Waals surface area contributed by atoms with Crippen LogP contribution in [-0.2, 0) is 4.79 Å². The second-order valence-electron chi connectivity index (χ2n) is 6.24. The number of fused-ring (bicyclic) bond motifs is 1. The fraction of sp³-hybridized carbons (Fsp3) is 0.200. The predicted molar refractivity (Wildman–Crippen MR) is 114 cm³/mol. The largest absolute Gasteiger partial charge is 0.495 e. The maximum atomic E-state index is 12.6. The number of nitrogens with one attached hydrogen (secondary N) is 1. The third kappa shape index (κ3) is 4.04. The van der Waals surface area contributed by atoms with E-state index in [1.807, 2.05) is 54.4 Å². The Labute approximate surface area is 171 Å². The number of hydrogen-bond donors (Lipinski definition) is 1. The molecule has 1 N–H and O–H groups in total. The average Bonchev–Trinajstić information content (AvgIpc) is 3.32. The van der Waals surface area contributed by atoms with E-state index >= 15 is 0 Å². The first-order valence-electron chi connectivity index (χ1n) is 9.12. The van der Waals surface area contributed by atoms with Gasteiger partial charge in [-0.15, -0.1) is 5.10 Å². The molecule has 0 spiro atoms. The molecule has 4 aromatic rings. The summed E-state index contributed by atoms with van der Waals surface area (Å²) in [5.41, 5.74) is 2.40. The molecule has 3 aromatic heterocycles. The van der Waals surface area contributed by atoms with Crippen LogP contribution < -0.4 is 15.0 Å². The van der Waals surface area contributed by atoms with E-state index in [1.54, 1.807) is 24.0 Å². The number of rotatable bonds is 7. The summed E-state index contributed by atoms with van der Waals surface area (Å²) >= 11 is 1.44. The highest BCUT2D eigenvalue weighted by Crippen LogP contribution is 2.27. The Kier molecular flexibility index (Phi) is 5.39. The first kappa shape index (κ1) is 18.9. The van der Waals surface area contributed by atoms with Crippen LogP contribution in [0, 0.1) is 0 Å². The molecule has 0 atom stereocenters. The van der Waals surface area contributed by atoms with Gasteiger partial charge < -0.3 is 15.0 Å². The molecule has 0 radical (unpaired) electrons. The summed E-state index contributed by atoms with van der Waals surface area (Å²) in [5, 5.41) is 8.23. The fourth-order valence-electron chi connectivity index (χ4n) is 2.90. The smallest absolute Gasteiger partial charge is 0.244 e. The lowest BCUT2D eigenvalue weighted by atomic mass is 10.2. The van der Waals surface area contributed by atoms with E-state index in [0.29, 0.717) is 18.0 Å². The van der Waals surface area contributed by atoms with E-state index in [-0.39, 0.29) is 12.5 Å². The standard InChI is InChI=1S/C20H20N6O2S/c1-3-25(13-18(27)22-15-8-4-5-9-17(15)28-2)20-24-26-12-16(23-19(26)29-20)14-7-6-10-21-11-14/h4-12H,3,13H2,1-2H3,(H,22,27). The van der Waals surface area contributed by atoms with E-state index < -0.39 is 0 Å². The van der Waals surface area contributed by atoms with Crippen molar-refractivity contribution in [3.8, 4) is 17.0 Å². The lowest BCUT2D eigenvalue weighted by Crippen LogP contribution is -2.33. The molecule has 0 saturated carbocycles. The third-order valence-corrected chi connectivity index (χ3v) is 5.34. The highest BCUT2D eigenvalue weighted by atomic mass is 32.1. The molecule has 148 valence electrons. The molecule has 0 bridgehead atoms. The van der Waals surface area contributed by atoms with Gasteiger partial charge in [0.25, 0.3) is 0 Å². The summed E-state index contributed by atoms with van der Waals surface area (Å²) in [7, 11) is 1.58. The number of nitrogens with zero attached hydrogens (tertiary/aromatic N) is 5. The Balaban J connectivity index is 1.49. The Bertz CT molecular complexity index is 1090. The van der Waals surface area contributed by atoms with Gasteiger partial charge in [-0.2, -0.15) is 0 Å². The molecule has 9 heteroatoms. The number of ether oxygens (including phenoxy) is 1. The minimum absolute atomic E-state index is 0.139. The summed E-state index contributed by atoms with van der Waals surface area (Å²) < 4.78 is 7.02. The van der Waals surface area contributed by atoms with Gasteiger partial charge in [0.05, 0.1) is 31.2 Å². The SMILES string of the molecule is CCN(CC(=O)Nc1ccccc1OC)c1nn2cc(-c3cccnc3)nc2s1. The van der Waals surface area contributed by atoms with Crippen LogP contribution in [0.1, 0.15) is 6.92 Å². The molecule has 4 rings (SSSR count). The molecule has 29 heavy (non-hydrogen) atoms. The number of likely N-dealkylation sites (N-methyl/N-ethyl adjacent to an activating group) is 1. The first-order valence-corrected chi connectivity index (χ1v) is 9.94. The van der Waals surface area contributed by atoms with Crippen molar-refractivity contribution in [1.29, 1.82) is 0 Å². The Morgan fingerprint density at radius 3 is 2.86 bits per heavy atom. The van der Waals surface area contributed by atoms with Gasteiger partial charge in [0, 0.05) is 24.5 Å². The van der Waals surface area contributed by atoms with Gasteiger partial charge in [0.1, 0.15) is 5.75 Å². The topological polar surface area (TPSA) is 84.7 Å². The van der Waals surface area contributed by atoms with E-state index in [1.165, 1.54) is 11.3 Å². The van der Waals surface area contributed by atoms with Gasteiger partial charge in [-0.05, 0) is 31.2 Å². The van der Waals surface area contributed by atoms with Gasteiger partial charge in [-0.1, -0.05) is 23.5 Å². The summed E-state index contributed by atoms with van der Waals surface area (Å²) in [4.78, 5) is 24.0. The third-order valence-electron chi connectivity index (χ3n) is 4.36. The highest BCUT2D eigenvalue weighted by Gasteiger charge is 2.17. The van der Waals surface area contributed by atoms with Crippen LogP contribution in [-0.4, -0.2) is 45.7 Å². The fourth-order valence-corrected chi connectivity index (χ4v) is 3.84. The number of aromatic nitrogens is 4. The second-order valence-corrected chi connectivity index (χ2v) is 7.18. The minimum atomic E-state index is -0.139. The summed E-state index contributed by atoms with van der Waals surface area (Å²) in [6.45, 7) is 2.81. The van der Waals surface area contributed by atoms with Crippen LogP contribution in [0.3, 0.4) is 0 Å². The van der Waals surface area contributed by atoms with E-state index in [0.717, 1.165) is 21.3 Å². The van der Waals surface area contributed by atoms with Gasteiger partial charge in [0.2, 0.25) is 16.0 Å². The van der Waals surface area contributed by atoms with Gasteiger partial charge >= 0.3 is 0 Å². The van der Waals surface area contributed by atoms with Gasteiger partial charge in [-0.3, -0.25) is 9.78 Å². The van der Waals surface area contributed by atoms with Crippen molar-refractivity contribution in [3.05, 3.63) is 55.0 Å². The number of carbonyl (C=O) groups is 1. The molecule has 0 unspecified atom stereocenters. The van der Waals surface area contributed by atoms with Crippen molar-refractivity contribution >= 4 is 33.0 Å². The van der Waals surface area contributed by atoms with Crippen molar-refractivity contribution in [2.75, 3.05) is 30.4 Å². The van der Waals surface area contributed by atoms with E-state index in [9.17, 15) is 4.79 Å². The Morgan fingerprint density at radius 2 is 2.14 bits per heavy atom. The number of imidazole rings is 1. The van der Waals surface area contributed by atoms with E-state index in [4.69, 9.17) is 4.74 Å².